The minimum absolute atomic E-state index is 0.000125. The maximum atomic E-state index is 12.0. The third-order valence-electron chi connectivity index (χ3n) is 1.73. The van der Waals surface area contributed by atoms with Crippen molar-refractivity contribution in [3.05, 3.63) is 35.4 Å². The van der Waals surface area contributed by atoms with Gasteiger partial charge < -0.3 is 5.11 Å². The third kappa shape index (κ3) is 3.23. The molecule has 70 valence electrons. The summed E-state index contributed by atoms with van der Waals surface area (Å²) in [7, 11) is 0. The zero-order chi connectivity index (χ0) is 9.68. The fourth-order valence-electron chi connectivity index (χ4n) is 1.18. The minimum atomic E-state index is -0.864. The molecular formula is C10H11FO2. The highest BCUT2D eigenvalue weighted by atomic mass is 19.1. The predicted molar refractivity (Wildman–Crippen MR) is 47.5 cm³/mol. The van der Waals surface area contributed by atoms with Gasteiger partial charge in [0, 0.05) is 6.42 Å². The SMILES string of the molecule is O=C(O)Cc1cccc(CCF)c1. The number of alkyl halides is 1. The van der Waals surface area contributed by atoms with E-state index < -0.39 is 12.6 Å². The van der Waals surface area contributed by atoms with Crippen LogP contribution < -0.4 is 0 Å². The molecule has 1 N–H and O–H groups in total. The largest absolute Gasteiger partial charge is 0.481 e. The Labute approximate surface area is 76.0 Å². The van der Waals surface area contributed by atoms with Gasteiger partial charge in [0.2, 0.25) is 0 Å². The summed E-state index contributed by atoms with van der Waals surface area (Å²) in [6.07, 6.45) is 0.355. The predicted octanol–water partition coefficient (Wildman–Crippen LogP) is 1.83. The Kier molecular flexibility index (Phi) is 3.43. The highest BCUT2D eigenvalue weighted by Crippen LogP contribution is 2.06. The van der Waals surface area contributed by atoms with E-state index in [0.29, 0.717) is 6.42 Å². The fourth-order valence-corrected chi connectivity index (χ4v) is 1.18. The molecule has 0 aliphatic carbocycles. The smallest absolute Gasteiger partial charge is 0.307 e. The third-order valence-corrected chi connectivity index (χ3v) is 1.73. The lowest BCUT2D eigenvalue weighted by atomic mass is 10.1. The first-order valence-electron chi connectivity index (χ1n) is 4.08. The van der Waals surface area contributed by atoms with Crippen LogP contribution in [0.25, 0.3) is 0 Å². The maximum Gasteiger partial charge on any atom is 0.307 e. The molecule has 0 amide bonds. The van der Waals surface area contributed by atoms with Gasteiger partial charge in [-0.25, -0.2) is 0 Å². The summed E-state index contributed by atoms with van der Waals surface area (Å²) in [4.78, 5) is 10.4. The number of hydrogen-bond acceptors (Lipinski definition) is 1. The Morgan fingerprint density at radius 2 is 2.08 bits per heavy atom. The van der Waals surface area contributed by atoms with Crippen molar-refractivity contribution in [2.24, 2.45) is 0 Å². The van der Waals surface area contributed by atoms with Crippen molar-refractivity contribution in [3.63, 3.8) is 0 Å². The van der Waals surface area contributed by atoms with Gasteiger partial charge in [-0.2, -0.15) is 0 Å². The van der Waals surface area contributed by atoms with Crippen LogP contribution in [0.2, 0.25) is 0 Å². The van der Waals surface area contributed by atoms with Gasteiger partial charge in [-0.3, -0.25) is 9.18 Å². The number of aliphatic carboxylic acids is 1. The van der Waals surface area contributed by atoms with Gasteiger partial charge in [0.15, 0.2) is 0 Å². The van der Waals surface area contributed by atoms with Gasteiger partial charge in [-0.05, 0) is 11.1 Å². The molecule has 0 saturated heterocycles. The molecule has 13 heavy (non-hydrogen) atoms. The molecule has 0 fully saturated rings. The van der Waals surface area contributed by atoms with Crippen LogP contribution in [0.1, 0.15) is 11.1 Å². The first kappa shape index (κ1) is 9.71. The number of benzene rings is 1. The Morgan fingerprint density at radius 3 is 2.69 bits per heavy atom. The Balaban J connectivity index is 2.73. The molecule has 1 aromatic rings. The Bertz CT molecular complexity index is 297. The highest BCUT2D eigenvalue weighted by Gasteiger charge is 2.00. The lowest BCUT2D eigenvalue weighted by molar-refractivity contribution is -0.136. The second kappa shape index (κ2) is 4.60. The summed E-state index contributed by atoms with van der Waals surface area (Å²) in [5, 5.41) is 8.51. The average Bonchev–Trinajstić information content (AvgIpc) is 2.04. The second-order valence-corrected chi connectivity index (χ2v) is 2.83. The zero-order valence-corrected chi connectivity index (χ0v) is 7.16. The first-order chi connectivity index (χ1) is 6.22. The van der Waals surface area contributed by atoms with E-state index in [1.807, 2.05) is 0 Å². The molecule has 0 aliphatic rings. The summed E-state index contributed by atoms with van der Waals surface area (Å²) in [5.41, 5.74) is 1.57. The Hall–Kier alpha value is -1.38. The molecule has 0 aromatic heterocycles. The van der Waals surface area contributed by atoms with Crippen LogP contribution in [0.3, 0.4) is 0 Å². The van der Waals surface area contributed by atoms with Crippen LogP contribution in [-0.4, -0.2) is 17.8 Å². The van der Waals surface area contributed by atoms with Crippen LogP contribution in [0.5, 0.6) is 0 Å². The fraction of sp³-hybridized carbons (Fsp3) is 0.300. The summed E-state index contributed by atoms with van der Waals surface area (Å²) < 4.78 is 12.0. The molecule has 1 rings (SSSR count). The molecule has 0 radical (unpaired) electrons. The zero-order valence-electron chi connectivity index (χ0n) is 7.16. The monoisotopic (exact) mass is 182 g/mol. The summed E-state index contributed by atoms with van der Waals surface area (Å²) in [5.74, 6) is -0.864. The van der Waals surface area contributed by atoms with E-state index in [0.717, 1.165) is 11.1 Å². The molecule has 2 nitrogen and oxygen atoms in total. The molecule has 0 atom stereocenters. The summed E-state index contributed by atoms with van der Waals surface area (Å²) >= 11 is 0. The molecule has 1 aromatic carbocycles. The molecule has 0 saturated carbocycles. The molecule has 0 spiro atoms. The molecule has 0 heterocycles. The van der Waals surface area contributed by atoms with Gasteiger partial charge in [0.25, 0.3) is 0 Å². The number of hydrogen-bond donors (Lipinski definition) is 1. The van der Waals surface area contributed by atoms with Crippen molar-refractivity contribution in [2.75, 3.05) is 6.67 Å². The Morgan fingerprint density at radius 1 is 1.38 bits per heavy atom. The number of rotatable bonds is 4. The van der Waals surface area contributed by atoms with Gasteiger partial charge in [0.05, 0.1) is 13.1 Å². The van der Waals surface area contributed by atoms with Gasteiger partial charge in [-0.15, -0.1) is 0 Å². The quantitative estimate of drug-likeness (QED) is 0.771. The normalized spacial score (nSPS) is 9.92. The highest BCUT2D eigenvalue weighted by molar-refractivity contribution is 5.70. The second-order valence-electron chi connectivity index (χ2n) is 2.83. The maximum absolute atomic E-state index is 12.0. The molecule has 0 bridgehead atoms. The van der Waals surface area contributed by atoms with Crippen molar-refractivity contribution in [1.82, 2.24) is 0 Å². The van der Waals surface area contributed by atoms with Crippen molar-refractivity contribution in [3.8, 4) is 0 Å². The van der Waals surface area contributed by atoms with E-state index in [9.17, 15) is 9.18 Å². The van der Waals surface area contributed by atoms with Crippen molar-refractivity contribution in [2.45, 2.75) is 12.8 Å². The van der Waals surface area contributed by atoms with Crippen molar-refractivity contribution in [1.29, 1.82) is 0 Å². The van der Waals surface area contributed by atoms with E-state index >= 15 is 0 Å². The number of aryl methyl sites for hydroxylation is 1. The number of carbonyl (C=O) groups is 1. The topological polar surface area (TPSA) is 37.3 Å². The van der Waals surface area contributed by atoms with E-state index in [4.69, 9.17) is 5.11 Å². The van der Waals surface area contributed by atoms with E-state index in [1.165, 1.54) is 0 Å². The van der Waals surface area contributed by atoms with Crippen LogP contribution >= 0.6 is 0 Å². The lowest BCUT2D eigenvalue weighted by Gasteiger charge is -2.00. The molecule has 0 aliphatic heterocycles. The van der Waals surface area contributed by atoms with Gasteiger partial charge in [0.1, 0.15) is 0 Å². The average molecular weight is 182 g/mol. The number of carboxylic acids is 1. The van der Waals surface area contributed by atoms with Gasteiger partial charge in [-0.1, -0.05) is 24.3 Å². The van der Waals surface area contributed by atoms with E-state index in [1.54, 1.807) is 24.3 Å². The van der Waals surface area contributed by atoms with Crippen LogP contribution in [0, 0.1) is 0 Å². The standard InChI is InChI=1S/C10H11FO2/c11-5-4-8-2-1-3-9(6-8)7-10(12)13/h1-3,6H,4-5,7H2,(H,12,13). The number of carboxylic acid groups (broad SMARTS) is 1. The minimum Gasteiger partial charge on any atom is -0.481 e. The molecular weight excluding hydrogens is 171 g/mol. The van der Waals surface area contributed by atoms with Crippen molar-refractivity contribution < 1.29 is 14.3 Å². The molecule has 0 unspecified atom stereocenters. The van der Waals surface area contributed by atoms with Gasteiger partial charge >= 0.3 is 5.97 Å². The molecule has 3 heteroatoms. The van der Waals surface area contributed by atoms with Crippen LogP contribution in [0.4, 0.5) is 4.39 Å². The lowest BCUT2D eigenvalue weighted by Crippen LogP contribution is -2.00. The summed E-state index contributed by atoms with van der Waals surface area (Å²) in [6, 6.07) is 7.01. The van der Waals surface area contributed by atoms with Crippen LogP contribution in [-0.2, 0) is 17.6 Å². The summed E-state index contributed by atoms with van der Waals surface area (Å²) in [6.45, 7) is -0.406. The van der Waals surface area contributed by atoms with Crippen molar-refractivity contribution >= 4 is 5.97 Å². The first-order valence-corrected chi connectivity index (χ1v) is 4.08. The van der Waals surface area contributed by atoms with E-state index in [-0.39, 0.29) is 6.42 Å². The van der Waals surface area contributed by atoms with E-state index in [2.05, 4.69) is 0 Å². The van der Waals surface area contributed by atoms with Crippen LogP contribution in [0.15, 0.2) is 24.3 Å². The number of halogens is 1.